The number of imidazole rings is 1. The van der Waals surface area contributed by atoms with Crippen LogP contribution in [0.4, 0.5) is 5.95 Å². The van der Waals surface area contributed by atoms with Gasteiger partial charge in [-0.1, -0.05) is 43.2 Å². The van der Waals surface area contributed by atoms with Crippen molar-refractivity contribution in [2.24, 2.45) is 0 Å². The van der Waals surface area contributed by atoms with Crippen LogP contribution in [0.2, 0.25) is 0 Å². The van der Waals surface area contributed by atoms with Crippen LogP contribution in [0.5, 0.6) is 0 Å². The highest BCUT2D eigenvalue weighted by atomic mass is 32.1. The van der Waals surface area contributed by atoms with E-state index in [0.29, 0.717) is 11.1 Å². The van der Waals surface area contributed by atoms with Gasteiger partial charge in [0.2, 0.25) is 5.95 Å². The van der Waals surface area contributed by atoms with E-state index in [0.717, 1.165) is 23.7 Å². The molecule has 1 aliphatic carbocycles. The maximum atomic E-state index is 4.72. The number of anilines is 1. The Morgan fingerprint density at radius 3 is 2.70 bits per heavy atom. The lowest BCUT2D eigenvalue weighted by atomic mass is 10.2. The molecule has 23 heavy (non-hydrogen) atoms. The summed E-state index contributed by atoms with van der Waals surface area (Å²) in [6.45, 7) is 0.733. The lowest BCUT2D eigenvalue weighted by Gasteiger charge is -2.15. The van der Waals surface area contributed by atoms with Crippen molar-refractivity contribution in [3.8, 4) is 0 Å². The SMILES string of the molecule is Sc1ncnc2c1nc(NC1CCCC1)n2Cc1ccccc1. The van der Waals surface area contributed by atoms with Gasteiger partial charge >= 0.3 is 0 Å². The van der Waals surface area contributed by atoms with Crippen molar-refractivity contribution in [2.75, 3.05) is 5.32 Å². The van der Waals surface area contributed by atoms with Gasteiger partial charge < -0.3 is 5.32 Å². The molecule has 6 heteroatoms. The third-order valence-corrected chi connectivity index (χ3v) is 4.71. The van der Waals surface area contributed by atoms with Gasteiger partial charge in [0.15, 0.2) is 5.65 Å². The van der Waals surface area contributed by atoms with Crippen LogP contribution in [0.1, 0.15) is 31.2 Å². The Balaban J connectivity index is 1.76. The van der Waals surface area contributed by atoms with Crippen LogP contribution >= 0.6 is 12.6 Å². The van der Waals surface area contributed by atoms with Crippen LogP contribution in [0.3, 0.4) is 0 Å². The monoisotopic (exact) mass is 325 g/mol. The van der Waals surface area contributed by atoms with E-state index in [4.69, 9.17) is 4.98 Å². The third-order valence-electron chi connectivity index (χ3n) is 4.38. The predicted octanol–water partition coefficient (Wildman–Crippen LogP) is 3.52. The molecule has 3 aromatic rings. The molecule has 1 aromatic carbocycles. The maximum absolute atomic E-state index is 4.72. The molecular formula is C17H19N5S. The second-order valence-corrected chi connectivity index (χ2v) is 6.43. The summed E-state index contributed by atoms with van der Waals surface area (Å²) in [5, 5.41) is 4.22. The minimum absolute atomic E-state index is 0.498. The fourth-order valence-electron chi connectivity index (χ4n) is 3.20. The van der Waals surface area contributed by atoms with Crippen LogP contribution in [0.15, 0.2) is 41.7 Å². The molecule has 4 rings (SSSR count). The van der Waals surface area contributed by atoms with E-state index in [2.05, 4.69) is 56.7 Å². The molecule has 0 saturated heterocycles. The van der Waals surface area contributed by atoms with Crippen molar-refractivity contribution in [3.05, 3.63) is 42.2 Å². The van der Waals surface area contributed by atoms with Gasteiger partial charge in [0.05, 0.1) is 6.54 Å². The first-order chi connectivity index (χ1) is 11.3. The number of benzene rings is 1. The summed E-state index contributed by atoms with van der Waals surface area (Å²) in [6, 6.07) is 10.9. The summed E-state index contributed by atoms with van der Waals surface area (Å²) in [5.74, 6) is 0.867. The van der Waals surface area contributed by atoms with Crippen molar-refractivity contribution in [2.45, 2.75) is 43.3 Å². The van der Waals surface area contributed by atoms with E-state index in [1.807, 2.05) is 6.07 Å². The van der Waals surface area contributed by atoms with Crippen molar-refractivity contribution in [3.63, 3.8) is 0 Å². The average Bonchev–Trinajstić information content (AvgIpc) is 3.19. The molecule has 1 fully saturated rings. The molecule has 1 aliphatic rings. The number of hydrogen-bond acceptors (Lipinski definition) is 5. The highest BCUT2D eigenvalue weighted by molar-refractivity contribution is 7.80. The van der Waals surface area contributed by atoms with Crippen LogP contribution in [-0.4, -0.2) is 25.6 Å². The predicted molar refractivity (Wildman–Crippen MR) is 94.0 cm³/mol. The van der Waals surface area contributed by atoms with E-state index in [-0.39, 0.29) is 0 Å². The van der Waals surface area contributed by atoms with Gasteiger partial charge in [0.1, 0.15) is 16.9 Å². The highest BCUT2D eigenvalue weighted by Gasteiger charge is 2.20. The molecule has 118 valence electrons. The van der Waals surface area contributed by atoms with Crippen LogP contribution in [0.25, 0.3) is 11.2 Å². The molecule has 0 aliphatic heterocycles. The van der Waals surface area contributed by atoms with E-state index in [1.165, 1.54) is 31.2 Å². The number of nitrogens with one attached hydrogen (secondary N) is 1. The number of thiol groups is 1. The summed E-state index contributed by atoms with van der Waals surface area (Å²) in [6.07, 6.45) is 6.53. The van der Waals surface area contributed by atoms with E-state index < -0.39 is 0 Å². The number of nitrogens with zero attached hydrogens (tertiary/aromatic N) is 4. The van der Waals surface area contributed by atoms with Crippen LogP contribution in [-0.2, 0) is 6.54 Å². The molecule has 5 nitrogen and oxygen atoms in total. The number of hydrogen-bond donors (Lipinski definition) is 2. The Kier molecular flexibility index (Phi) is 3.91. The quantitative estimate of drug-likeness (QED) is 0.569. The third kappa shape index (κ3) is 2.91. The van der Waals surface area contributed by atoms with Gasteiger partial charge in [-0.2, -0.15) is 0 Å². The standard InChI is InChI=1S/C17H19N5S/c23-16-14-15(18-11-19-16)22(10-12-6-2-1-3-7-12)17(21-14)20-13-8-4-5-9-13/h1-3,6-7,11,13H,4-5,8-10H2,(H,20,21)(H,18,19,23). The Labute approximate surface area is 140 Å². The van der Waals surface area contributed by atoms with Crippen LogP contribution in [0, 0.1) is 0 Å². The molecule has 1 N–H and O–H groups in total. The van der Waals surface area contributed by atoms with Crippen molar-refractivity contribution in [1.82, 2.24) is 19.5 Å². The summed E-state index contributed by atoms with van der Waals surface area (Å²) < 4.78 is 2.13. The summed E-state index contributed by atoms with van der Waals surface area (Å²) >= 11 is 4.43. The summed E-state index contributed by atoms with van der Waals surface area (Å²) in [5.41, 5.74) is 2.81. The molecular weight excluding hydrogens is 306 g/mol. The zero-order valence-electron chi connectivity index (χ0n) is 12.8. The first kappa shape index (κ1) is 14.5. The summed E-state index contributed by atoms with van der Waals surface area (Å²) in [7, 11) is 0. The van der Waals surface area contributed by atoms with Gasteiger partial charge in [-0.3, -0.25) is 4.57 Å². The molecule has 2 aromatic heterocycles. The van der Waals surface area contributed by atoms with Crippen molar-refractivity contribution >= 4 is 29.7 Å². The Bertz CT molecular complexity index is 808. The molecule has 0 radical (unpaired) electrons. The minimum atomic E-state index is 0.498. The molecule has 0 atom stereocenters. The van der Waals surface area contributed by atoms with E-state index in [9.17, 15) is 0 Å². The Morgan fingerprint density at radius 2 is 1.91 bits per heavy atom. The number of rotatable bonds is 4. The van der Waals surface area contributed by atoms with E-state index >= 15 is 0 Å². The fraction of sp³-hybridized carbons (Fsp3) is 0.353. The lowest BCUT2D eigenvalue weighted by molar-refractivity contribution is 0.720. The molecule has 0 bridgehead atoms. The van der Waals surface area contributed by atoms with Gasteiger partial charge in [0.25, 0.3) is 0 Å². The minimum Gasteiger partial charge on any atom is -0.353 e. The van der Waals surface area contributed by atoms with Gasteiger partial charge in [-0.25, -0.2) is 15.0 Å². The number of aromatic nitrogens is 4. The van der Waals surface area contributed by atoms with Crippen molar-refractivity contribution in [1.29, 1.82) is 0 Å². The Morgan fingerprint density at radius 1 is 1.13 bits per heavy atom. The molecule has 1 saturated carbocycles. The zero-order chi connectivity index (χ0) is 15.6. The van der Waals surface area contributed by atoms with Gasteiger partial charge in [-0.05, 0) is 18.4 Å². The smallest absolute Gasteiger partial charge is 0.205 e. The van der Waals surface area contributed by atoms with Crippen LogP contribution < -0.4 is 5.32 Å². The molecule has 0 unspecified atom stereocenters. The fourth-order valence-corrected chi connectivity index (χ4v) is 3.40. The summed E-state index contributed by atoms with van der Waals surface area (Å²) in [4.78, 5) is 13.3. The number of fused-ring (bicyclic) bond motifs is 1. The van der Waals surface area contributed by atoms with E-state index in [1.54, 1.807) is 6.33 Å². The second-order valence-electron chi connectivity index (χ2n) is 6.00. The topological polar surface area (TPSA) is 55.6 Å². The first-order valence-corrected chi connectivity index (χ1v) is 8.46. The molecule has 0 amide bonds. The highest BCUT2D eigenvalue weighted by Crippen LogP contribution is 2.26. The lowest BCUT2D eigenvalue weighted by Crippen LogP contribution is -2.18. The first-order valence-electron chi connectivity index (χ1n) is 8.02. The van der Waals surface area contributed by atoms with Gasteiger partial charge in [0, 0.05) is 6.04 Å². The molecule has 0 spiro atoms. The maximum Gasteiger partial charge on any atom is 0.205 e. The molecule has 2 heterocycles. The largest absolute Gasteiger partial charge is 0.353 e. The normalized spacial score (nSPS) is 15.3. The average molecular weight is 325 g/mol. The Hall–Kier alpha value is -2.08. The van der Waals surface area contributed by atoms with Gasteiger partial charge in [-0.15, -0.1) is 12.6 Å². The zero-order valence-corrected chi connectivity index (χ0v) is 13.7. The second kappa shape index (κ2) is 6.20. The van der Waals surface area contributed by atoms with Crippen molar-refractivity contribution < 1.29 is 0 Å².